The molecule has 3 nitrogen and oxygen atoms in total. The number of hydrogen-bond acceptors (Lipinski definition) is 2. The molecule has 1 N–H and O–H groups in total. The van der Waals surface area contributed by atoms with Crippen LogP contribution < -0.4 is 5.43 Å². The van der Waals surface area contributed by atoms with Crippen LogP contribution >= 0.6 is 0 Å². The number of fused-ring (bicyclic) bond motifs is 1. The molecule has 0 aliphatic heterocycles. The summed E-state index contributed by atoms with van der Waals surface area (Å²) in [6, 6.07) is 12.8. The number of hydrazine groups is 1. The summed E-state index contributed by atoms with van der Waals surface area (Å²) >= 11 is 0. The van der Waals surface area contributed by atoms with Gasteiger partial charge >= 0.3 is 0 Å². The van der Waals surface area contributed by atoms with Crippen LogP contribution in [-0.4, -0.2) is 25.0 Å². The Hall–Kier alpha value is -1.87. The number of nitrogens with one attached hydrogen (secondary N) is 1. The van der Waals surface area contributed by atoms with Crippen LogP contribution in [0.3, 0.4) is 0 Å². The highest BCUT2D eigenvalue weighted by molar-refractivity contribution is 5.84. The van der Waals surface area contributed by atoms with E-state index in [9.17, 15) is 4.79 Å². The molecule has 0 heterocycles. The number of aryl methyl sites for hydroxylation is 2. The van der Waals surface area contributed by atoms with Crippen molar-refractivity contribution in [1.29, 1.82) is 0 Å². The van der Waals surface area contributed by atoms with Crippen molar-refractivity contribution in [2.45, 2.75) is 19.8 Å². The normalized spacial score (nSPS) is 10.9. The highest BCUT2D eigenvalue weighted by Crippen LogP contribution is 2.18. The Balaban J connectivity index is 2.05. The van der Waals surface area contributed by atoms with Crippen molar-refractivity contribution in [3.63, 3.8) is 0 Å². The van der Waals surface area contributed by atoms with Crippen molar-refractivity contribution in [2.75, 3.05) is 14.1 Å². The molecule has 0 fully saturated rings. The lowest BCUT2D eigenvalue weighted by Gasteiger charge is -2.11. The Morgan fingerprint density at radius 3 is 2.53 bits per heavy atom. The average Bonchev–Trinajstić information content (AvgIpc) is 2.35. The zero-order chi connectivity index (χ0) is 13.8. The molecule has 0 radical (unpaired) electrons. The van der Waals surface area contributed by atoms with E-state index >= 15 is 0 Å². The molecule has 2 aromatic rings. The molecule has 3 heteroatoms. The van der Waals surface area contributed by atoms with Crippen molar-refractivity contribution in [3.8, 4) is 0 Å². The van der Waals surface area contributed by atoms with E-state index in [4.69, 9.17) is 0 Å². The van der Waals surface area contributed by atoms with Crippen molar-refractivity contribution in [1.82, 2.24) is 10.4 Å². The van der Waals surface area contributed by atoms with Gasteiger partial charge in [0.2, 0.25) is 5.91 Å². The summed E-state index contributed by atoms with van der Waals surface area (Å²) in [7, 11) is 3.63. The maximum Gasteiger partial charge on any atom is 0.234 e. The second-order valence-electron chi connectivity index (χ2n) is 5.11. The standard InChI is InChI=1S/C16H20N2O/c1-12-4-7-15-11-13(5-8-14(15)10-12)6-9-16(19)17-18(2)3/h4-5,7-8,10-11H,6,9H2,1-3H3,(H,17,19). The minimum Gasteiger partial charge on any atom is -0.289 e. The van der Waals surface area contributed by atoms with Crippen LogP contribution in [0.2, 0.25) is 0 Å². The van der Waals surface area contributed by atoms with Crippen LogP contribution in [0.4, 0.5) is 0 Å². The van der Waals surface area contributed by atoms with Gasteiger partial charge in [-0.1, -0.05) is 42.0 Å². The van der Waals surface area contributed by atoms with Crippen molar-refractivity contribution in [3.05, 3.63) is 47.5 Å². The minimum absolute atomic E-state index is 0.0500. The first-order valence-electron chi connectivity index (χ1n) is 6.51. The zero-order valence-corrected chi connectivity index (χ0v) is 11.7. The fourth-order valence-corrected chi connectivity index (χ4v) is 2.13. The Bertz CT molecular complexity index is 590. The molecule has 2 rings (SSSR count). The van der Waals surface area contributed by atoms with Crippen LogP contribution in [0, 0.1) is 6.92 Å². The van der Waals surface area contributed by atoms with Crippen LogP contribution in [-0.2, 0) is 11.2 Å². The number of rotatable bonds is 4. The van der Waals surface area contributed by atoms with Gasteiger partial charge < -0.3 is 0 Å². The first-order valence-corrected chi connectivity index (χ1v) is 6.51. The molecular formula is C16H20N2O. The maximum absolute atomic E-state index is 11.6. The fourth-order valence-electron chi connectivity index (χ4n) is 2.13. The molecule has 0 spiro atoms. The van der Waals surface area contributed by atoms with Gasteiger partial charge in [-0.25, -0.2) is 5.01 Å². The van der Waals surface area contributed by atoms with Gasteiger partial charge in [-0.3, -0.25) is 10.2 Å². The van der Waals surface area contributed by atoms with Crippen LogP contribution in [0.25, 0.3) is 10.8 Å². The molecule has 0 saturated heterocycles. The third-order valence-corrected chi connectivity index (χ3v) is 3.05. The molecule has 19 heavy (non-hydrogen) atoms. The number of nitrogens with zero attached hydrogens (tertiary/aromatic N) is 1. The zero-order valence-electron chi connectivity index (χ0n) is 11.7. The summed E-state index contributed by atoms with van der Waals surface area (Å²) in [6.07, 6.45) is 1.28. The Morgan fingerprint density at radius 1 is 1.11 bits per heavy atom. The van der Waals surface area contributed by atoms with Crippen molar-refractivity contribution >= 4 is 16.7 Å². The SMILES string of the molecule is Cc1ccc2cc(CCC(=O)NN(C)C)ccc2c1. The lowest BCUT2D eigenvalue weighted by atomic mass is 10.0. The van der Waals surface area contributed by atoms with E-state index in [1.165, 1.54) is 21.9 Å². The quantitative estimate of drug-likeness (QED) is 0.853. The van der Waals surface area contributed by atoms with Gasteiger partial charge in [0.15, 0.2) is 0 Å². The largest absolute Gasteiger partial charge is 0.289 e. The number of amides is 1. The van der Waals surface area contributed by atoms with E-state index in [0.717, 1.165) is 6.42 Å². The van der Waals surface area contributed by atoms with Crippen molar-refractivity contribution in [2.24, 2.45) is 0 Å². The number of hydrogen-bond donors (Lipinski definition) is 1. The predicted molar refractivity (Wildman–Crippen MR) is 78.8 cm³/mol. The first-order chi connectivity index (χ1) is 9.04. The van der Waals surface area contributed by atoms with Crippen LogP contribution in [0.15, 0.2) is 36.4 Å². The molecular weight excluding hydrogens is 236 g/mol. The predicted octanol–water partition coefficient (Wildman–Crippen LogP) is 2.67. The molecule has 100 valence electrons. The molecule has 2 aromatic carbocycles. The summed E-state index contributed by atoms with van der Waals surface area (Å²) in [4.78, 5) is 11.6. The third kappa shape index (κ3) is 3.80. The highest BCUT2D eigenvalue weighted by atomic mass is 16.2. The Morgan fingerprint density at radius 2 is 1.79 bits per heavy atom. The topological polar surface area (TPSA) is 32.3 Å². The van der Waals surface area contributed by atoms with Gasteiger partial charge in [0, 0.05) is 20.5 Å². The smallest absolute Gasteiger partial charge is 0.234 e. The summed E-state index contributed by atoms with van der Waals surface area (Å²) in [5.74, 6) is 0.0500. The van der Waals surface area contributed by atoms with Gasteiger partial charge in [-0.2, -0.15) is 0 Å². The Kier molecular flexibility index (Phi) is 4.17. The summed E-state index contributed by atoms with van der Waals surface area (Å²) in [5, 5.41) is 4.16. The van der Waals surface area contributed by atoms with Gasteiger partial charge in [-0.05, 0) is 29.7 Å². The van der Waals surface area contributed by atoms with E-state index in [1.54, 1.807) is 5.01 Å². The van der Waals surface area contributed by atoms with Gasteiger partial charge in [0.05, 0.1) is 0 Å². The fraction of sp³-hybridized carbons (Fsp3) is 0.312. The maximum atomic E-state index is 11.6. The van der Waals surface area contributed by atoms with Crippen LogP contribution in [0.5, 0.6) is 0 Å². The van der Waals surface area contributed by atoms with E-state index in [1.807, 2.05) is 14.1 Å². The van der Waals surface area contributed by atoms with Crippen molar-refractivity contribution < 1.29 is 4.79 Å². The summed E-state index contributed by atoms with van der Waals surface area (Å²) in [6.45, 7) is 2.10. The van der Waals surface area contributed by atoms with E-state index in [2.05, 4.69) is 48.7 Å². The lowest BCUT2D eigenvalue weighted by molar-refractivity contribution is -0.124. The van der Waals surface area contributed by atoms with E-state index in [-0.39, 0.29) is 5.91 Å². The molecule has 0 bridgehead atoms. The molecule has 0 aromatic heterocycles. The van der Waals surface area contributed by atoms with Crippen LogP contribution in [0.1, 0.15) is 17.5 Å². The molecule has 0 aliphatic rings. The molecule has 0 unspecified atom stereocenters. The van der Waals surface area contributed by atoms with E-state index < -0.39 is 0 Å². The van der Waals surface area contributed by atoms with Gasteiger partial charge in [-0.15, -0.1) is 0 Å². The van der Waals surface area contributed by atoms with E-state index in [0.29, 0.717) is 6.42 Å². The average molecular weight is 256 g/mol. The Labute approximate surface area is 114 Å². The number of carbonyl (C=O) groups excluding carboxylic acids is 1. The highest BCUT2D eigenvalue weighted by Gasteiger charge is 2.03. The third-order valence-electron chi connectivity index (χ3n) is 3.05. The number of carbonyl (C=O) groups is 1. The molecule has 0 atom stereocenters. The molecule has 0 aliphatic carbocycles. The first kappa shape index (κ1) is 13.6. The van der Waals surface area contributed by atoms with Gasteiger partial charge in [0.1, 0.15) is 0 Å². The summed E-state index contributed by atoms with van der Waals surface area (Å²) < 4.78 is 0. The molecule has 1 amide bonds. The number of benzene rings is 2. The monoisotopic (exact) mass is 256 g/mol. The second-order valence-corrected chi connectivity index (χ2v) is 5.11. The molecule has 0 saturated carbocycles. The summed E-state index contributed by atoms with van der Waals surface area (Å²) in [5.41, 5.74) is 5.22. The van der Waals surface area contributed by atoms with Gasteiger partial charge in [0.25, 0.3) is 0 Å². The second kappa shape index (κ2) is 5.85. The lowest BCUT2D eigenvalue weighted by Crippen LogP contribution is -2.36. The minimum atomic E-state index is 0.0500.